The molecule has 4 heteroatoms. The van der Waals surface area contributed by atoms with Gasteiger partial charge in [-0.2, -0.15) is 0 Å². The predicted molar refractivity (Wildman–Crippen MR) is 89.5 cm³/mol. The third kappa shape index (κ3) is 4.13. The first-order chi connectivity index (χ1) is 11.2. The van der Waals surface area contributed by atoms with Crippen molar-refractivity contribution in [3.05, 3.63) is 65.2 Å². The molecule has 0 atom stereocenters. The maximum absolute atomic E-state index is 11.9. The topological polar surface area (TPSA) is 47.6 Å². The lowest BCUT2D eigenvalue weighted by molar-refractivity contribution is -0.116. The molecular weight excluding hydrogens is 290 g/mol. The minimum absolute atomic E-state index is 0.124. The highest BCUT2D eigenvalue weighted by Crippen LogP contribution is 2.30. The molecule has 2 aromatic rings. The molecule has 1 heterocycles. The molecule has 2 aromatic carbocycles. The van der Waals surface area contributed by atoms with Crippen LogP contribution in [0.15, 0.2) is 48.5 Å². The van der Waals surface area contributed by atoms with Crippen LogP contribution in [0.5, 0.6) is 11.5 Å². The van der Waals surface area contributed by atoms with Crippen LogP contribution in [0.3, 0.4) is 0 Å². The van der Waals surface area contributed by atoms with E-state index in [4.69, 9.17) is 9.47 Å². The second-order valence-corrected chi connectivity index (χ2v) is 5.44. The summed E-state index contributed by atoms with van der Waals surface area (Å²) in [6.45, 7) is 3.61. The Labute approximate surface area is 135 Å². The number of carbonyl (C=O) groups excluding carboxylic acids is 1. The predicted octanol–water partition coefficient (Wildman–Crippen LogP) is 3.10. The fraction of sp³-hybridized carbons (Fsp3) is 0.211. The molecule has 1 N–H and O–H groups in total. The van der Waals surface area contributed by atoms with Gasteiger partial charge in [0.15, 0.2) is 11.5 Å². The molecule has 0 aliphatic carbocycles. The van der Waals surface area contributed by atoms with E-state index < -0.39 is 0 Å². The van der Waals surface area contributed by atoms with Crippen LogP contribution in [0.2, 0.25) is 0 Å². The van der Waals surface area contributed by atoms with Gasteiger partial charge in [0.2, 0.25) is 5.91 Å². The van der Waals surface area contributed by atoms with E-state index in [1.165, 1.54) is 5.56 Å². The highest BCUT2D eigenvalue weighted by atomic mass is 16.6. The number of carbonyl (C=O) groups is 1. The van der Waals surface area contributed by atoms with Gasteiger partial charge in [0.1, 0.15) is 13.2 Å². The molecule has 3 rings (SSSR count). The van der Waals surface area contributed by atoms with E-state index in [0.29, 0.717) is 19.8 Å². The summed E-state index contributed by atoms with van der Waals surface area (Å²) < 4.78 is 11.0. The van der Waals surface area contributed by atoms with Crippen LogP contribution in [0.4, 0.5) is 0 Å². The van der Waals surface area contributed by atoms with Crippen LogP contribution in [0.25, 0.3) is 6.08 Å². The van der Waals surface area contributed by atoms with E-state index in [1.807, 2.05) is 55.5 Å². The molecule has 1 amide bonds. The summed E-state index contributed by atoms with van der Waals surface area (Å²) >= 11 is 0. The summed E-state index contributed by atoms with van der Waals surface area (Å²) in [5, 5.41) is 2.87. The van der Waals surface area contributed by atoms with Crippen molar-refractivity contribution in [3.8, 4) is 11.5 Å². The largest absolute Gasteiger partial charge is 0.486 e. The van der Waals surface area contributed by atoms with Crippen molar-refractivity contribution in [1.82, 2.24) is 5.32 Å². The molecule has 23 heavy (non-hydrogen) atoms. The average molecular weight is 309 g/mol. The summed E-state index contributed by atoms with van der Waals surface area (Å²) in [5.74, 6) is 1.37. The van der Waals surface area contributed by atoms with Crippen LogP contribution < -0.4 is 14.8 Å². The molecule has 0 spiro atoms. The monoisotopic (exact) mass is 309 g/mol. The molecule has 0 unspecified atom stereocenters. The number of aryl methyl sites for hydroxylation is 1. The van der Waals surface area contributed by atoms with Crippen LogP contribution in [0.1, 0.15) is 16.7 Å². The second kappa shape index (κ2) is 7.01. The van der Waals surface area contributed by atoms with Gasteiger partial charge in [0.25, 0.3) is 0 Å². The number of fused-ring (bicyclic) bond motifs is 1. The first-order valence-corrected chi connectivity index (χ1v) is 7.62. The highest BCUT2D eigenvalue weighted by Gasteiger charge is 2.11. The van der Waals surface area contributed by atoms with Gasteiger partial charge >= 0.3 is 0 Å². The molecule has 0 radical (unpaired) electrons. The molecular formula is C19H19NO3. The Balaban J connectivity index is 1.56. The van der Waals surface area contributed by atoms with Gasteiger partial charge in [0.05, 0.1) is 0 Å². The number of benzene rings is 2. The number of ether oxygens (including phenoxy) is 2. The molecule has 4 nitrogen and oxygen atoms in total. The van der Waals surface area contributed by atoms with E-state index >= 15 is 0 Å². The normalized spacial score (nSPS) is 13.1. The summed E-state index contributed by atoms with van der Waals surface area (Å²) in [4.78, 5) is 11.9. The quantitative estimate of drug-likeness (QED) is 0.883. The van der Waals surface area contributed by atoms with Crippen molar-refractivity contribution in [3.63, 3.8) is 0 Å². The first-order valence-electron chi connectivity index (χ1n) is 7.62. The molecule has 118 valence electrons. The minimum Gasteiger partial charge on any atom is -0.486 e. The highest BCUT2D eigenvalue weighted by molar-refractivity contribution is 5.91. The third-order valence-corrected chi connectivity index (χ3v) is 3.54. The lowest BCUT2D eigenvalue weighted by Gasteiger charge is -2.18. The van der Waals surface area contributed by atoms with Crippen molar-refractivity contribution in [2.75, 3.05) is 13.2 Å². The number of hydrogen-bond donors (Lipinski definition) is 1. The zero-order valence-corrected chi connectivity index (χ0v) is 13.0. The van der Waals surface area contributed by atoms with Crippen molar-refractivity contribution in [2.45, 2.75) is 13.5 Å². The Morgan fingerprint density at radius 1 is 1.13 bits per heavy atom. The number of amides is 1. The Morgan fingerprint density at radius 3 is 2.78 bits per heavy atom. The number of nitrogens with one attached hydrogen (secondary N) is 1. The Morgan fingerprint density at radius 2 is 1.96 bits per heavy atom. The molecule has 0 saturated heterocycles. The number of hydrogen-bond acceptors (Lipinski definition) is 3. The van der Waals surface area contributed by atoms with Gasteiger partial charge in [-0.05, 0) is 36.3 Å². The molecule has 0 saturated carbocycles. The Hall–Kier alpha value is -2.75. The molecule has 0 aromatic heterocycles. The molecule has 1 aliphatic rings. The van der Waals surface area contributed by atoms with Gasteiger partial charge in [-0.1, -0.05) is 35.9 Å². The van der Waals surface area contributed by atoms with Crippen LogP contribution in [0, 0.1) is 6.92 Å². The van der Waals surface area contributed by atoms with Crippen LogP contribution in [-0.4, -0.2) is 19.1 Å². The first kappa shape index (κ1) is 15.2. The van der Waals surface area contributed by atoms with E-state index in [9.17, 15) is 4.79 Å². The lowest BCUT2D eigenvalue weighted by Crippen LogP contribution is -2.20. The standard InChI is InChI=1S/C19H19NO3/c1-14-3-2-4-15(11-14)6-8-19(21)20-13-16-5-7-17-18(12-16)23-10-9-22-17/h2-8,11-12H,9-10,13H2,1H3,(H,20,21). The van der Waals surface area contributed by atoms with Crippen molar-refractivity contribution < 1.29 is 14.3 Å². The summed E-state index contributed by atoms with van der Waals surface area (Å²) in [5.41, 5.74) is 3.16. The second-order valence-electron chi connectivity index (χ2n) is 5.44. The smallest absolute Gasteiger partial charge is 0.244 e. The van der Waals surface area contributed by atoms with Crippen LogP contribution >= 0.6 is 0 Å². The zero-order valence-electron chi connectivity index (χ0n) is 13.0. The van der Waals surface area contributed by atoms with Gasteiger partial charge in [-0.15, -0.1) is 0 Å². The third-order valence-electron chi connectivity index (χ3n) is 3.54. The zero-order chi connectivity index (χ0) is 16.1. The molecule has 1 aliphatic heterocycles. The summed E-state index contributed by atoms with van der Waals surface area (Å²) in [7, 11) is 0. The van der Waals surface area contributed by atoms with E-state index in [2.05, 4.69) is 5.32 Å². The van der Waals surface area contributed by atoms with Gasteiger partial charge < -0.3 is 14.8 Å². The van der Waals surface area contributed by atoms with E-state index in [1.54, 1.807) is 6.08 Å². The fourth-order valence-electron chi connectivity index (χ4n) is 2.39. The molecule has 0 fully saturated rings. The lowest BCUT2D eigenvalue weighted by atomic mass is 10.1. The van der Waals surface area contributed by atoms with Gasteiger partial charge in [-0.3, -0.25) is 4.79 Å². The SMILES string of the molecule is Cc1cccc(C=CC(=O)NCc2ccc3c(c2)OCCO3)c1. The average Bonchev–Trinajstić information content (AvgIpc) is 2.58. The Bertz CT molecular complexity index is 737. The van der Waals surface area contributed by atoms with E-state index in [-0.39, 0.29) is 5.91 Å². The maximum atomic E-state index is 11.9. The van der Waals surface area contributed by atoms with E-state index in [0.717, 1.165) is 22.6 Å². The minimum atomic E-state index is -0.124. The van der Waals surface area contributed by atoms with Crippen LogP contribution in [-0.2, 0) is 11.3 Å². The van der Waals surface area contributed by atoms with Gasteiger partial charge in [0, 0.05) is 12.6 Å². The van der Waals surface area contributed by atoms with Crippen molar-refractivity contribution >= 4 is 12.0 Å². The summed E-state index contributed by atoms with van der Waals surface area (Å²) in [6.07, 6.45) is 3.36. The summed E-state index contributed by atoms with van der Waals surface area (Å²) in [6, 6.07) is 13.7. The molecule has 0 bridgehead atoms. The van der Waals surface area contributed by atoms with Gasteiger partial charge in [-0.25, -0.2) is 0 Å². The maximum Gasteiger partial charge on any atom is 0.244 e. The van der Waals surface area contributed by atoms with Crippen molar-refractivity contribution in [1.29, 1.82) is 0 Å². The van der Waals surface area contributed by atoms with Crippen molar-refractivity contribution in [2.24, 2.45) is 0 Å². The number of rotatable bonds is 4. The Kier molecular flexibility index (Phi) is 4.62. The fourth-order valence-corrected chi connectivity index (χ4v) is 2.39.